The highest BCUT2D eigenvalue weighted by atomic mass is 32.2. The van der Waals surface area contributed by atoms with Crippen molar-refractivity contribution in [3.05, 3.63) is 40.3 Å². The molecule has 2 rings (SSSR count). The summed E-state index contributed by atoms with van der Waals surface area (Å²) in [7, 11) is 0. The van der Waals surface area contributed by atoms with Crippen LogP contribution in [-0.4, -0.2) is 44.0 Å². The van der Waals surface area contributed by atoms with E-state index in [4.69, 9.17) is 17.3 Å². The smallest absolute Gasteiger partial charge is 0.329 e. The summed E-state index contributed by atoms with van der Waals surface area (Å²) in [6.07, 6.45) is 1.68. The average Bonchev–Trinajstić information content (AvgIpc) is 2.76. The minimum absolute atomic E-state index is 0.140. The van der Waals surface area contributed by atoms with Crippen LogP contribution in [-0.2, 0) is 9.59 Å². The van der Waals surface area contributed by atoms with Crippen LogP contribution in [0.3, 0.4) is 0 Å². The van der Waals surface area contributed by atoms with Gasteiger partial charge in [0.25, 0.3) is 5.91 Å². The second-order valence-electron chi connectivity index (χ2n) is 5.41. The Morgan fingerprint density at radius 3 is 2.43 bits per heavy atom. The van der Waals surface area contributed by atoms with Crippen molar-refractivity contribution in [1.29, 1.82) is 0 Å². The van der Waals surface area contributed by atoms with Crippen molar-refractivity contribution < 1.29 is 19.8 Å². The summed E-state index contributed by atoms with van der Waals surface area (Å²) in [5, 5.41) is 18.3. The zero-order valence-electron chi connectivity index (χ0n) is 12.7. The Hall–Kier alpha value is -1.70. The zero-order chi connectivity index (χ0) is 17.1. The molecule has 0 saturated carbocycles. The number of aliphatic hydroxyl groups excluding tert-OH is 1. The van der Waals surface area contributed by atoms with Gasteiger partial charge in [-0.3, -0.25) is 9.69 Å². The van der Waals surface area contributed by atoms with E-state index in [-0.39, 0.29) is 4.32 Å². The molecular weight excluding hydrogens is 334 g/mol. The molecule has 1 aromatic rings. The molecule has 1 saturated heterocycles. The first-order valence-electron chi connectivity index (χ1n) is 7.05. The normalized spacial score (nSPS) is 18.1. The number of carboxylic acids is 1. The highest BCUT2D eigenvalue weighted by molar-refractivity contribution is 8.26. The molecule has 1 heterocycles. The number of hydrogen-bond donors (Lipinski definition) is 2. The molecule has 1 amide bonds. The zero-order valence-corrected chi connectivity index (χ0v) is 14.4. The number of hydrogen-bond acceptors (Lipinski definition) is 5. The van der Waals surface area contributed by atoms with E-state index in [0.717, 1.165) is 22.2 Å². The van der Waals surface area contributed by atoms with Gasteiger partial charge in [-0.1, -0.05) is 62.1 Å². The number of aliphatic hydroxyl groups is 1. The summed E-state index contributed by atoms with van der Waals surface area (Å²) in [4.78, 5) is 24.8. The Balaban J connectivity index is 2.26. The van der Waals surface area contributed by atoms with E-state index in [2.05, 4.69) is 13.8 Å². The van der Waals surface area contributed by atoms with Crippen LogP contribution in [0.4, 0.5) is 0 Å². The molecule has 0 spiro atoms. The Bertz CT molecular complexity index is 667. The van der Waals surface area contributed by atoms with Crippen LogP contribution in [0.2, 0.25) is 0 Å². The molecule has 2 N–H and O–H groups in total. The number of carbonyl (C=O) groups excluding carboxylic acids is 1. The lowest BCUT2D eigenvalue weighted by Gasteiger charge is -2.20. The number of carbonyl (C=O) groups is 2. The SMILES string of the molecule is CC(C)c1ccc(/C=C2\SC(=S)N(C(CO)C(=O)O)C2=O)cc1. The van der Waals surface area contributed by atoms with E-state index in [1.54, 1.807) is 6.08 Å². The van der Waals surface area contributed by atoms with Crippen LogP contribution in [0.15, 0.2) is 29.2 Å². The van der Waals surface area contributed by atoms with Crippen molar-refractivity contribution in [2.45, 2.75) is 25.8 Å². The number of rotatable bonds is 5. The number of nitrogens with zero attached hydrogens (tertiary/aromatic N) is 1. The van der Waals surface area contributed by atoms with E-state index < -0.39 is 24.5 Å². The highest BCUT2D eigenvalue weighted by Gasteiger charge is 2.40. The summed E-state index contributed by atoms with van der Waals surface area (Å²) in [5.41, 5.74) is 2.03. The van der Waals surface area contributed by atoms with Gasteiger partial charge in [0.1, 0.15) is 4.32 Å². The van der Waals surface area contributed by atoms with Gasteiger partial charge < -0.3 is 10.2 Å². The summed E-state index contributed by atoms with van der Waals surface area (Å²) in [6, 6.07) is 6.44. The standard InChI is InChI=1S/C16H17NO4S2/c1-9(2)11-5-3-10(4-6-11)7-13-14(19)17(16(22)23-13)12(8-18)15(20)21/h3-7,9,12,18H,8H2,1-2H3,(H,20,21)/b13-7-. The van der Waals surface area contributed by atoms with E-state index in [1.807, 2.05) is 24.3 Å². The fraction of sp³-hybridized carbons (Fsp3) is 0.312. The number of amides is 1. The average molecular weight is 351 g/mol. The number of aliphatic carboxylic acids is 1. The second kappa shape index (κ2) is 7.25. The molecule has 0 radical (unpaired) electrons. The minimum Gasteiger partial charge on any atom is -0.480 e. The molecule has 0 aliphatic carbocycles. The number of thioether (sulfide) groups is 1. The molecule has 1 aliphatic rings. The fourth-order valence-electron chi connectivity index (χ4n) is 2.15. The maximum absolute atomic E-state index is 12.4. The van der Waals surface area contributed by atoms with Crippen molar-refractivity contribution in [1.82, 2.24) is 4.90 Å². The third-order valence-corrected chi connectivity index (χ3v) is 4.82. The Kier molecular flexibility index (Phi) is 5.56. The molecule has 23 heavy (non-hydrogen) atoms. The van der Waals surface area contributed by atoms with Gasteiger partial charge in [-0.05, 0) is 23.1 Å². The van der Waals surface area contributed by atoms with Gasteiger partial charge in [0.05, 0.1) is 11.5 Å². The number of thiocarbonyl (C=S) groups is 1. The van der Waals surface area contributed by atoms with Gasteiger partial charge in [0, 0.05) is 0 Å². The Morgan fingerprint density at radius 2 is 1.96 bits per heavy atom. The monoisotopic (exact) mass is 351 g/mol. The maximum Gasteiger partial charge on any atom is 0.329 e. The molecule has 5 nitrogen and oxygen atoms in total. The number of carboxylic acid groups (broad SMARTS) is 1. The Labute approximate surface area is 144 Å². The van der Waals surface area contributed by atoms with Crippen molar-refractivity contribution in [2.75, 3.05) is 6.61 Å². The van der Waals surface area contributed by atoms with Gasteiger partial charge in [-0.15, -0.1) is 0 Å². The molecule has 0 bridgehead atoms. The first-order chi connectivity index (χ1) is 10.8. The Morgan fingerprint density at radius 1 is 1.35 bits per heavy atom. The van der Waals surface area contributed by atoms with Crippen LogP contribution in [0, 0.1) is 0 Å². The largest absolute Gasteiger partial charge is 0.480 e. The summed E-state index contributed by atoms with van der Waals surface area (Å²) in [5.74, 6) is -1.36. The molecule has 7 heteroatoms. The van der Waals surface area contributed by atoms with Crippen LogP contribution in [0.25, 0.3) is 6.08 Å². The third kappa shape index (κ3) is 3.80. The lowest BCUT2D eigenvalue weighted by molar-refractivity contribution is -0.146. The van der Waals surface area contributed by atoms with Crippen molar-refractivity contribution >= 4 is 46.3 Å². The molecule has 1 unspecified atom stereocenters. The van der Waals surface area contributed by atoms with Crippen molar-refractivity contribution in [3.63, 3.8) is 0 Å². The first kappa shape index (κ1) is 17.7. The fourth-order valence-corrected chi connectivity index (χ4v) is 3.50. The quantitative estimate of drug-likeness (QED) is 0.627. The molecule has 122 valence electrons. The third-order valence-electron chi connectivity index (χ3n) is 3.49. The van der Waals surface area contributed by atoms with Gasteiger partial charge in [-0.25, -0.2) is 4.79 Å². The molecule has 1 aliphatic heterocycles. The second-order valence-corrected chi connectivity index (χ2v) is 7.09. The summed E-state index contributed by atoms with van der Waals surface area (Å²) >= 11 is 6.12. The van der Waals surface area contributed by atoms with Gasteiger partial charge in [0.2, 0.25) is 0 Å². The van der Waals surface area contributed by atoms with Crippen LogP contribution in [0.1, 0.15) is 30.9 Å². The van der Waals surface area contributed by atoms with Crippen molar-refractivity contribution in [3.8, 4) is 0 Å². The van der Waals surface area contributed by atoms with Gasteiger partial charge in [0.15, 0.2) is 6.04 Å². The summed E-state index contributed by atoms with van der Waals surface area (Å²) in [6.45, 7) is 3.51. The van der Waals surface area contributed by atoms with Crippen LogP contribution >= 0.6 is 24.0 Å². The first-order valence-corrected chi connectivity index (χ1v) is 8.28. The van der Waals surface area contributed by atoms with E-state index in [1.165, 1.54) is 5.56 Å². The predicted molar refractivity (Wildman–Crippen MR) is 94.1 cm³/mol. The molecule has 1 atom stereocenters. The molecular formula is C16H17NO4S2. The molecule has 1 aromatic carbocycles. The molecule has 0 aromatic heterocycles. The van der Waals surface area contributed by atoms with Gasteiger partial charge >= 0.3 is 5.97 Å². The lowest BCUT2D eigenvalue weighted by Crippen LogP contribution is -2.46. The summed E-state index contributed by atoms with van der Waals surface area (Å²) < 4.78 is 0.140. The van der Waals surface area contributed by atoms with E-state index >= 15 is 0 Å². The van der Waals surface area contributed by atoms with E-state index in [0.29, 0.717) is 10.8 Å². The topological polar surface area (TPSA) is 77.8 Å². The van der Waals surface area contributed by atoms with Crippen LogP contribution < -0.4 is 0 Å². The van der Waals surface area contributed by atoms with Crippen LogP contribution in [0.5, 0.6) is 0 Å². The van der Waals surface area contributed by atoms with Gasteiger partial charge in [-0.2, -0.15) is 0 Å². The highest BCUT2D eigenvalue weighted by Crippen LogP contribution is 2.34. The predicted octanol–water partition coefficient (Wildman–Crippen LogP) is 2.46. The van der Waals surface area contributed by atoms with E-state index in [9.17, 15) is 14.7 Å². The van der Waals surface area contributed by atoms with Crippen molar-refractivity contribution in [2.24, 2.45) is 0 Å². The number of benzene rings is 1. The lowest BCUT2D eigenvalue weighted by atomic mass is 10.0. The minimum atomic E-state index is -1.35. The molecule has 1 fully saturated rings. The maximum atomic E-state index is 12.4.